The van der Waals surface area contributed by atoms with Gasteiger partial charge < -0.3 is 40.3 Å². The highest BCUT2D eigenvalue weighted by Crippen LogP contribution is 2.55. The Kier molecular flexibility index (Phi) is 9.21. The topological polar surface area (TPSA) is 115 Å². The van der Waals surface area contributed by atoms with Crippen molar-refractivity contribution in [2.75, 3.05) is 36.5 Å². The van der Waals surface area contributed by atoms with E-state index in [0.717, 1.165) is 97.6 Å². The Bertz CT molecular complexity index is 1740. The van der Waals surface area contributed by atoms with Crippen molar-refractivity contribution in [3.05, 3.63) is 95.6 Å². The van der Waals surface area contributed by atoms with Crippen LogP contribution in [0, 0.1) is 23.7 Å². The second-order valence-electron chi connectivity index (χ2n) is 17.0. The lowest BCUT2D eigenvalue weighted by molar-refractivity contribution is -0.276. The number of para-hydroxylation sites is 1. The van der Waals surface area contributed by atoms with Crippen LogP contribution >= 0.6 is 0 Å². The molecule has 10 heteroatoms. The number of amides is 3. The highest BCUT2D eigenvalue weighted by atomic mass is 16.7. The number of carbonyl (C=O) groups excluding carboxylic acids is 2. The molecule has 3 heterocycles. The Morgan fingerprint density at radius 1 is 0.868 bits per heavy atom. The summed E-state index contributed by atoms with van der Waals surface area (Å²) in [4.78, 5) is 31.3. The molecular weight excluding hydrogens is 667 g/mol. The number of nitrogens with zero attached hydrogens (tertiary/aromatic N) is 2. The van der Waals surface area contributed by atoms with Gasteiger partial charge in [0.25, 0.3) is 0 Å². The largest absolute Gasteiger partial charge is 0.392 e. The van der Waals surface area contributed by atoms with Crippen molar-refractivity contribution in [1.29, 1.82) is 0 Å². The van der Waals surface area contributed by atoms with Crippen molar-refractivity contribution in [1.82, 2.24) is 15.5 Å². The van der Waals surface area contributed by atoms with E-state index in [9.17, 15) is 14.7 Å². The number of hydrogen-bond acceptors (Lipinski definition) is 7. The minimum absolute atomic E-state index is 0.00710. The van der Waals surface area contributed by atoms with E-state index in [-0.39, 0.29) is 42.2 Å². The summed E-state index contributed by atoms with van der Waals surface area (Å²) in [7, 11) is 0. The SMILES string of the molecule is C[C@H]1[C@@H](CN2CCC3(CC2)C(=O)NCN3c2ccccc2)O[C@@H](c2ccc(NC(=O)NC34CC5CC(CC(C5)C3)C4)cc2)O[C@H]1c1ccc(CO)cc1. The molecule has 0 radical (unpaired) electrons. The number of anilines is 2. The molecule has 3 aromatic carbocycles. The average Bonchev–Trinajstić information content (AvgIpc) is 3.47. The van der Waals surface area contributed by atoms with Crippen LogP contribution in [0.4, 0.5) is 16.2 Å². The van der Waals surface area contributed by atoms with Gasteiger partial charge in [0, 0.05) is 48.0 Å². The van der Waals surface area contributed by atoms with Gasteiger partial charge in [-0.25, -0.2) is 4.79 Å². The van der Waals surface area contributed by atoms with Gasteiger partial charge in [0.1, 0.15) is 5.54 Å². The molecule has 1 spiro atoms. The van der Waals surface area contributed by atoms with E-state index in [1.165, 1.54) is 19.3 Å². The standard InChI is InChI=1S/C43H53N5O5/c1-28-37(25-47-17-15-43(16-18-47)40(50)44-27-48(43)36-5-3-2-4-6-36)52-39(53-38(28)33-9-7-29(26-49)8-10-33)34-11-13-35(14-12-34)45-41(51)46-42-22-30-19-31(23-42)21-32(20-30)24-42/h2-14,28,30-32,37-39,49H,15-27H2,1H3,(H,44,50)(H2,45,46,51)/t28-,30?,31?,32?,37+,38+,39+,42?/m0/s1. The van der Waals surface area contributed by atoms with Gasteiger partial charge in [-0.1, -0.05) is 61.5 Å². The van der Waals surface area contributed by atoms with Crippen molar-refractivity contribution in [3.63, 3.8) is 0 Å². The molecule has 4 atom stereocenters. The number of carbonyl (C=O) groups is 2. The molecule has 10 rings (SSSR count). The highest BCUT2D eigenvalue weighted by Gasteiger charge is 2.52. The average molecular weight is 720 g/mol. The van der Waals surface area contributed by atoms with E-state index in [1.807, 2.05) is 66.7 Å². The Morgan fingerprint density at radius 2 is 1.51 bits per heavy atom. The van der Waals surface area contributed by atoms with Crippen LogP contribution in [-0.4, -0.2) is 65.4 Å². The van der Waals surface area contributed by atoms with E-state index in [2.05, 4.69) is 44.8 Å². The first-order valence-electron chi connectivity index (χ1n) is 19.8. The minimum atomic E-state index is -0.598. The molecule has 4 aliphatic carbocycles. The summed E-state index contributed by atoms with van der Waals surface area (Å²) in [5, 5.41) is 19.3. The molecule has 3 aromatic rings. The van der Waals surface area contributed by atoms with Crippen molar-refractivity contribution < 1.29 is 24.2 Å². The number of nitrogens with one attached hydrogen (secondary N) is 3. The van der Waals surface area contributed by atoms with E-state index < -0.39 is 11.8 Å². The third-order valence-corrected chi connectivity index (χ3v) is 13.5. The molecule has 280 valence electrons. The zero-order valence-electron chi connectivity index (χ0n) is 30.7. The van der Waals surface area contributed by atoms with Crippen LogP contribution in [0.5, 0.6) is 0 Å². The summed E-state index contributed by atoms with van der Waals surface area (Å²) >= 11 is 0. The summed E-state index contributed by atoms with van der Waals surface area (Å²) < 4.78 is 13.5. The molecule has 3 amide bonds. The zero-order chi connectivity index (χ0) is 36.2. The quantitative estimate of drug-likeness (QED) is 0.211. The van der Waals surface area contributed by atoms with Gasteiger partial charge in [-0.05, 0) is 105 Å². The predicted molar refractivity (Wildman–Crippen MR) is 203 cm³/mol. The number of aliphatic hydroxyl groups is 1. The summed E-state index contributed by atoms with van der Waals surface area (Å²) in [6.07, 6.45) is 7.91. The van der Waals surface area contributed by atoms with Gasteiger partial charge in [0.05, 0.1) is 25.5 Å². The smallest absolute Gasteiger partial charge is 0.319 e. The lowest BCUT2D eigenvalue weighted by Crippen LogP contribution is -2.60. The first-order valence-corrected chi connectivity index (χ1v) is 19.8. The van der Waals surface area contributed by atoms with Gasteiger partial charge in [0.15, 0.2) is 6.29 Å². The third-order valence-electron chi connectivity index (χ3n) is 13.5. The molecule has 4 saturated carbocycles. The van der Waals surface area contributed by atoms with Gasteiger partial charge in [-0.15, -0.1) is 0 Å². The molecule has 4 N–H and O–H groups in total. The maximum absolute atomic E-state index is 13.3. The maximum Gasteiger partial charge on any atom is 0.319 e. The Morgan fingerprint density at radius 3 is 2.15 bits per heavy atom. The molecule has 3 saturated heterocycles. The molecular formula is C43H53N5O5. The number of urea groups is 1. The van der Waals surface area contributed by atoms with Crippen molar-refractivity contribution in [2.45, 2.75) is 94.5 Å². The van der Waals surface area contributed by atoms with Crippen molar-refractivity contribution >= 4 is 23.3 Å². The van der Waals surface area contributed by atoms with Gasteiger partial charge >= 0.3 is 6.03 Å². The maximum atomic E-state index is 13.3. The van der Waals surface area contributed by atoms with Crippen LogP contribution in [0.3, 0.4) is 0 Å². The second-order valence-corrected chi connectivity index (χ2v) is 17.0. The Balaban J connectivity index is 0.885. The number of ether oxygens (including phenoxy) is 2. The third kappa shape index (κ3) is 6.73. The van der Waals surface area contributed by atoms with Gasteiger partial charge in [0.2, 0.25) is 5.91 Å². The molecule has 7 fully saturated rings. The van der Waals surface area contributed by atoms with Crippen LogP contribution in [0.15, 0.2) is 78.9 Å². The number of aliphatic hydroxyl groups excluding tert-OH is 1. The Hall–Kier alpha value is -3.96. The Labute approximate surface area is 312 Å². The monoisotopic (exact) mass is 719 g/mol. The number of benzene rings is 3. The number of piperidine rings is 1. The second kappa shape index (κ2) is 14.0. The predicted octanol–water partition coefficient (Wildman–Crippen LogP) is 6.49. The normalized spacial score (nSPS) is 33.2. The van der Waals surface area contributed by atoms with E-state index in [4.69, 9.17) is 9.47 Å². The van der Waals surface area contributed by atoms with Crippen LogP contribution in [0.2, 0.25) is 0 Å². The van der Waals surface area contributed by atoms with E-state index in [1.54, 1.807) is 0 Å². The fraction of sp³-hybridized carbons (Fsp3) is 0.535. The van der Waals surface area contributed by atoms with Crippen LogP contribution in [0.1, 0.15) is 87.4 Å². The highest BCUT2D eigenvalue weighted by molar-refractivity contribution is 5.93. The molecule has 3 aliphatic heterocycles. The zero-order valence-corrected chi connectivity index (χ0v) is 30.7. The fourth-order valence-electron chi connectivity index (χ4n) is 11.1. The molecule has 0 unspecified atom stereocenters. The van der Waals surface area contributed by atoms with Crippen LogP contribution in [0.25, 0.3) is 0 Å². The van der Waals surface area contributed by atoms with E-state index in [0.29, 0.717) is 6.67 Å². The van der Waals surface area contributed by atoms with Crippen molar-refractivity contribution in [2.24, 2.45) is 23.7 Å². The lowest BCUT2D eigenvalue weighted by atomic mass is 9.53. The summed E-state index contributed by atoms with van der Waals surface area (Å²) in [5.74, 6) is 2.47. The number of rotatable bonds is 8. The summed E-state index contributed by atoms with van der Waals surface area (Å²) in [5.41, 5.74) is 4.04. The molecule has 4 bridgehead atoms. The first-order chi connectivity index (χ1) is 25.8. The molecule has 10 nitrogen and oxygen atoms in total. The van der Waals surface area contributed by atoms with Crippen molar-refractivity contribution in [3.8, 4) is 0 Å². The fourth-order valence-corrected chi connectivity index (χ4v) is 11.1. The van der Waals surface area contributed by atoms with Gasteiger partial charge in [-0.3, -0.25) is 4.79 Å². The number of hydrogen-bond donors (Lipinski definition) is 4. The summed E-state index contributed by atoms with van der Waals surface area (Å²) in [6, 6.07) is 26.0. The molecule has 0 aromatic heterocycles. The minimum Gasteiger partial charge on any atom is -0.392 e. The van der Waals surface area contributed by atoms with Crippen LogP contribution in [-0.2, 0) is 20.9 Å². The van der Waals surface area contributed by atoms with Crippen LogP contribution < -0.4 is 20.9 Å². The lowest BCUT2D eigenvalue weighted by Gasteiger charge is -2.56. The molecule has 53 heavy (non-hydrogen) atoms. The molecule has 7 aliphatic rings. The van der Waals surface area contributed by atoms with E-state index >= 15 is 0 Å². The van der Waals surface area contributed by atoms with Gasteiger partial charge in [-0.2, -0.15) is 0 Å². The summed E-state index contributed by atoms with van der Waals surface area (Å²) in [6.45, 7) is 5.01. The number of likely N-dealkylation sites (tertiary alicyclic amines) is 1. The first kappa shape index (κ1) is 34.8.